The first kappa shape index (κ1) is 20.6. The van der Waals surface area contributed by atoms with Gasteiger partial charge in [-0.05, 0) is 37.5 Å². The third kappa shape index (κ3) is 4.45. The van der Waals surface area contributed by atoms with Crippen molar-refractivity contribution >= 4 is 18.1 Å². The van der Waals surface area contributed by atoms with Gasteiger partial charge in [0, 0.05) is 32.0 Å². The summed E-state index contributed by atoms with van der Waals surface area (Å²) in [5.41, 5.74) is 0.115. The Balaban J connectivity index is 1.75. The van der Waals surface area contributed by atoms with Crippen LogP contribution >= 0.6 is 12.2 Å². The standard InChI is InChI=1S/C19H23F3N4OS/c1-2-26-17(23-24-18(26)28)14-9-6-10-25(12-14)16(27)11-15(19(20,21)22)13-7-4-3-5-8-13/h3-5,7-8,14-15H,2,6,9-12H2,1H3,(H,24,28). The molecule has 0 spiro atoms. The Morgan fingerprint density at radius 2 is 2.07 bits per heavy atom. The van der Waals surface area contributed by atoms with Gasteiger partial charge in [0.2, 0.25) is 5.91 Å². The van der Waals surface area contributed by atoms with Gasteiger partial charge in [-0.2, -0.15) is 18.3 Å². The van der Waals surface area contributed by atoms with Crippen molar-refractivity contribution in [1.29, 1.82) is 0 Å². The lowest BCUT2D eigenvalue weighted by molar-refractivity contribution is -0.161. The topological polar surface area (TPSA) is 53.9 Å². The van der Waals surface area contributed by atoms with Crippen molar-refractivity contribution < 1.29 is 18.0 Å². The number of amides is 1. The summed E-state index contributed by atoms with van der Waals surface area (Å²) in [5, 5.41) is 7.05. The number of aromatic nitrogens is 3. The maximum atomic E-state index is 13.6. The van der Waals surface area contributed by atoms with Gasteiger partial charge in [0.15, 0.2) is 4.77 Å². The molecule has 1 saturated heterocycles. The van der Waals surface area contributed by atoms with Gasteiger partial charge in [-0.25, -0.2) is 0 Å². The fraction of sp³-hybridized carbons (Fsp3) is 0.526. The molecule has 1 fully saturated rings. The summed E-state index contributed by atoms with van der Waals surface area (Å²) in [5.74, 6) is -1.55. The third-order valence-corrected chi connectivity index (χ3v) is 5.53. The summed E-state index contributed by atoms with van der Waals surface area (Å²) >= 11 is 5.21. The maximum Gasteiger partial charge on any atom is 0.396 e. The Kier molecular flexibility index (Phi) is 6.22. The Bertz CT molecular complexity index is 862. The molecule has 1 aromatic heterocycles. The molecule has 0 saturated carbocycles. The van der Waals surface area contributed by atoms with Crippen LogP contribution in [0.1, 0.15) is 49.4 Å². The molecule has 28 heavy (non-hydrogen) atoms. The zero-order valence-electron chi connectivity index (χ0n) is 15.6. The zero-order valence-corrected chi connectivity index (χ0v) is 16.4. The van der Waals surface area contributed by atoms with Gasteiger partial charge in [0.1, 0.15) is 5.82 Å². The first-order valence-electron chi connectivity index (χ1n) is 9.35. The van der Waals surface area contributed by atoms with E-state index in [-0.39, 0.29) is 11.5 Å². The zero-order chi connectivity index (χ0) is 20.3. The number of likely N-dealkylation sites (tertiary alicyclic amines) is 1. The van der Waals surface area contributed by atoms with Crippen LogP contribution in [0.25, 0.3) is 0 Å². The van der Waals surface area contributed by atoms with Crippen molar-refractivity contribution in [1.82, 2.24) is 19.7 Å². The lowest BCUT2D eigenvalue weighted by Crippen LogP contribution is -2.41. The van der Waals surface area contributed by atoms with E-state index in [0.717, 1.165) is 18.7 Å². The molecular formula is C19H23F3N4OS. The molecule has 2 heterocycles. The van der Waals surface area contributed by atoms with Crippen molar-refractivity contribution in [2.45, 2.75) is 50.7 Å². The number of carbonyl (C=O) groups is 1. The lowest BCUT2D eigenvalue weighted by Gasteiger charge is -2.33. The van der Waals surface area contributed by atoms with E-state index in [4.69, 9.17) is 12.2 Å². The number of rotatable bonds is 5. The van der Waals surface area contributed by atoms with E-state index < -0.39 is 24.4 Å². The molecule has 1 aromatic carbocycles. The van der Waals surface area contributed by atoms with E-state index in [1.165, 1.54) is 17.0 Å². The molecule has 0 bridgehead atoms. The van der Waals surface area contributed by atoms with E-state index in [1.54, 1.807) is 18.2 Å². The summed E-state index contributed by atoms with van der Waals surface area (Å²) in [6.07, 6.45) is -3.51. The first-order valence-corrected chi connectivity index (χ1v) is 9.76. The fourth-order valence-corrected chi connectivity index (χ4v) is 4.04. The number of carbonyl (C=O) groups excluding carboxylic acids is 1. The van der Waals surface area contributed by atoms with Gasteiger partial charge < -0.3 is 9.47 Å². The molecule has 2 aromatic rings. The molecule has 1 N–H and O–H groups in total. The number of piperidine rings is 1. The van der Waals surface area contributed by atoms with Crippen molar-refractivity contribution in [3.05, 3.63) is 46.5 Å². The Labute approximate surface area is 166 Å². The van der Waals surface area contributed by atoms with Crippen LogP contribution in [0.4, 0.5) is 13.2 Å². The van der Waals surface area contributed by atoms with E-state index in [0.29, 0.717) is 24.4 Å². The molecule has 9 heteroatoms. The molecule has 1 amide bonds. The third-order valence-electron chi connectivity index (χ3n) is 5.22. The van der Waals surface area contributed by atoms with Crippen LogP contribution in [0.2, 0.25) is 0 Å². The molecule has 3 rings (SSSR count). The summed E-state index contributed by atoms with van der Waals surface area (Å²) in [7, 11) is 0. The number of hydrogen-bond acceptors (Lipinski definition) is 3. The fourth-order valence-electron chi connectivity index (χ4n) is 3.77. The van der Waals surface area contributed by atoms with Gasteiger partial charge in [0.25, 0.3) is 0 Å². The molecule has 1 aliphatic rings. The predicted molar refractivity (Wildman–Crippen MR) is 101 cm³/mol. The number of benzene rings is 1. The molecule has 2 unspecified atom stereocenters. The van der Waals surface area contributed by atoms with E-state index >= 15 is 0 Å². The maximum absolute atomic E-state index is 13.6. The minimum Gasteiger partial charge on any atom is -0.342 e. The van der Waals surface area contributed by atoms with E-state index in [1.807, 2.05) is 11.5 Å². The van der Waals surface area contributed by atoms with Crippen molar-refractivity contribution in [3.8, 4) is 0 Å². The van der Waals surface area contributed by atoms with Gasteiger partial charge in [-0.15, -0.1) is 0 Å². The summed E-state index contributed by atoms with van der Waals surface area (Å²) in [6, 6.07) is 7.62. The molecule has 2 atom stereocenters. The molecular weight excluding hydrogens is 389 g/mol. The molecule has 152 valence electrons. The summed E-state index contributed by atoms with van der Waals surface area (Å²) in [4.78, 5) is 14.3. The van der Waals surface area contributed by atoms with Crippen LogP contribution in [0.15, 0.2) is 30.3 Å². The van der Waals surface area contributed by atoms with Crippen LogP contribution in [0.3, 0.4) is 0 Å². The molecule has 0 aliphatic carbocycles. The number of nitrogens with one attached hydrogen (secondary N) is 1. The van der Waals surface area contributed by atoms with Gasteiger partial charge in [0.05, 0.1) is 5.92 Å². The average Bonchev–Trinajstić information content (AvgIpc) is 3.06. The predicted octanol–water partition coefficient (Wildman–Crippen LogP) is 4.40. The van der Waals surface area contributed by atoms with E-state index in [2.05, 4.69) is 10.2 Å². The number of nitrogens with zero attached hydrogens (tertiary/aromatic N) is 3. The largest absolute Gasteiger partial charge is 0.396 e. The normalized spacial score (nSPS) is 18.9. The number of hydrogen-bond donors (Lipinski definition) is 1. The van der Waals surface area contributed by atoms with Crippen LogP contribution in [-0.2, 0) is 11.3 Å². The highest BCUT2D eigenvalue weighted by atomic mass is 32.1. The highest BCUT2D eigenvalue weighted by Gasteiger charge is 2.43. The molecule has 1 aliphatic heterocycles. The van der Waals surface area contributed by atoms with Crippen molar-refractivity contribution in [3.63, 3.8) is 0 Å². The second-order valence-corrected chi connectivity index (χ2v) is 7.41. The number of H-pyrrole nitrogens is 1. The monoisotopic (exact) mass is 412 g/mol. The highest BCUT2D eigenvalue weighted by Crippen LogP contribution is 2.38. The van der Waals surface area contributed by atoms with Crippen LogP contribution in [-0.4, -0.2) is 44.8 Å². The van der Waals surface area contributed by atoms with Gasteiger partial charge in [-0.1, -0.05) is 30.3 Å². The van der Waals surface area contributed by atoms with Crippen molar-refractivity contribution in [2.75, 3.05) is 13.1 Å². The minimum atomic E-state index is -4.48. The molecule has 5 nitrogen and oxygen atoms in total. The quantitative estimate of drug-likeness (QED) is 0.741. The van der Waals surface area contributed by atoms with Crippen LogP contribution < -0.4 is 0 Å². The Morgan fingerprint density at radius 3 is 2.71 bits per heavy atom. The lowest BCUT2D eigenvalue weighted by atomic mass is 9.92. The second kappa shape index (κ2) is 8.46. The second-order valence-electron chi connectivity index (χ2n) is 7.02. The van der Waals surface area contributed by atoms with Crippen LogP contribution in [0.5, 0.6) is 0 Å². The Hall–Kier alpha value is -2.16. The summed E-state index contributed by atoms with van der Waals surface area (Å²) < 4.78 is 43.1. The minimum absolute atomic E-state index is 0.0355. The number of halogens is 3. The summed E-state index contributed by atoms with van der Waals surface area (Å²) in [6.45, 7) is 3.43. The number of aromatic amines is 1. The van der Waals surface area contributed by atoms with E-state index in [9.17, 15) is 18.0 Å². The molecule has 0 radical (unpaired) electrons. The Morgan fingerprint density at radius 1 is 1.36 bits per heavy atom. The first-order chi connectivity index (χ1) is 13.3. The SMILES string of the molecule is CCn1c(C2CCCN(C(=O)CC(c3ccccc3)C(F)(F)F)C2)n[nH]c1=S. The smallest absolute Gasteiger partial charge is 0.342 e. The average molecular weight is 412 g/mol. The van der Waals surface area contributed by atoms with Gasteiger partial charge in [-0.3, -0.25) is 9.89 Å². The van der Waals surface area contributed by atoms with Gasteiger partial charge >= 0.3 is 6.18 Å². The van der Waals surface area contributed by atoms with Crippen molar-refractivity contribution in [2.24, 2.45) is 0 Å². The van der Waals surface area contributed by atoms with Crippen LogP contribution in [0, 0.1) is 4.77 Å². The number of alkyl halides is 3. The highest BCUT2D eigenvalue weighted by molar-refractivity contribution is 7.71.